The number of amidine groups is 1. The molecule has 0 amide bonds. The van der Waals surface area contributed by atoms with Gasteiger partial charge in [0, 0.05) is 23.7 Å². The normalized spacial score (nSPS) is 32.4. The Labute approximate surface area is 124 Å². The lowest BCUT2D eigenvalue weighted by molar-refractivity contribution is -0.0518. The molecule has 1 unspecified atom stereocenters. The van der Waals surface area contributed by atoms with Crippen LogP contribution in [0.2, 0.25) is 0 Å². The smallest absolute Gasteiger partial charge is 0.285 e. The van der Waals surface area contributed by atoms with E-state index >= 15 is 0 Å². The van der Waals surface area contributed by atoms with E-state index in [1.807, 2.05) is 18.2 Å². The maximum absolute atomic E-state index is 6.32. The van der Waals surface area contributed by atoms with Crippen LogP contribution in [0.3, 0.4) is 0 Å². The first-order valence-corrected chi connectivity index (χ1v) is 7.41. The van der Waals surface area contributed by atoms with Crippen molar-refractivity contribution in [3.8, 4) is 5.75 Å². The number of hydrogen-bond donors (Lipinski definition) is 2. The van der Waals surface area contributed by atoms with Gasteiger partial charge < -0.3 is 20.5 Å². The van der Waals surface area contributed by atoms with Crippen LogP contribution in [0.5, 0.6) is 5.75 Å². The van der Waals surface area contributed by atoms with Gasteiger partial charge in [-0.1, -0.05) is 0 Å². The largest absolute Gasteiger partial charge is 0.487 e. The standard InChI is InChI=1S/C16H21N3O2/c1-14(2)15(6-7-15)16(9-20-13(18-3)19-16)11-8-10(17)4-5-12(11)21-14/h4-5,8H,6-7,9,17H2,1-3H3,(H,18,19). The number of nitrogens with one attached hydrogen (secondary N) is 1. The lowest BCUT2D eigenvalue weighted by atomic mass is 9.65. The quantitative estimate of drug-likeness (QED) is 0.716. The fraction of sp³-hybridized carbons (Fsp3) is 0.562. The summed E-state index contributed by atoms with van der Waals surface area (Å²) in [6, 6.07) is 6.47. The zero-order valence-electron chi connectivity index (χ0n) is 12.7. The average molecular weight is 287 g/mol. The molecule has 3 aliphatic rings. The van der Waals surface area contributed by atoms with Crippen molar-refractivity contribution in [2.75, 3.05) is 19.4 Å². The first-order chi connectivity index (χ1) is 9.94. The lowest BCUT2D eigenvalue weighted by Crippen LogP contribution is -2.61. The summed E-state index contributed by atoms with van der Waals surface area (Å²) in [5.41, 5.74) is 7.33. The highest BCUT2D eigenvalue weighted by Crippen LogP contribution is 2.69. The van der Waals surface area contributed by atoms with Crippen LogP contribution < -0.4 is 15.8 Å². The Morgan fingerprint density at radius 2 is 2.05 bits per heavy atom. The molecule has 2 heterocycles. The molecule has 0 bridgehead atoms. The number of fused-ring (bicyclic) bond motifs is 3. The van der Waals surface area contributed by atoms with Crippen molar-refractivity contribution in [3.05, 3.63) is 23.8 Å². The van der Waals surface area contributed by atoms with Crippen molar-refractivity contribution in [1.29, 1.82) is 0 Å². The zero-order chi connectivity index (χ0) is 14.9. The number of rotatable bonds is 0. The van der Waals surface area contributed by atoms with E-state index in [4.69, 9.17) is 15.2 Å². The Morgan fingerprint density at radius 3 is 2.67 bits per heavy atom. The van der Waals surface area contributed by atoms with E-state index in [1.165, 1.54) is 0 Å². The van der Waals surface area contributed by atoms with E-state index in [-0.39, 0.29) is 16.6 Å². The highest BCUT2D eigenvalue weighted by molar-refractivity contribution is 5.78. The molecular formula is C16H21N3O2. The third-order valence-electron chi connectivity index (χ3n) is 5.50. The summed E-state index contributed by atoms with van der Waals surface area (Å²) in [5, 5.41) is 3.54. The minimum atomic E-state index is -0.297. The predicted octanol–water partition coefficient (Wildman–Crippen LogP) is 2.02. The third-order valence-corrected chi connectivity index (χ3v) is 5.50. The average Bonchev–Trinajstić information content (AvgIpc) is 3.16. The molecule has 1 saturated carbocycles. The minimum absolute atomic E-state index is 0.0211. The number of ether oxygens (including phenoxy) is 2. The van der Waals surface area contributed by atoms with Crippen molar-refractivity contribution < 1.29 is 9.47 Å². The maximum atomic E-state index is 6.32. The summed E-state index contributed by atoms with van der Waals surface area (Å²) in [4.78, 5) is 4.18. The van der Waals surface area contributed by atoms with Gasteiger partial charge in [-0.25, -0.2) is 4.99 Å². The number of aliphatic imine (C=N–C) groups is 1. The molecule has 2 spiro atoms. The monoisotopic (exact) mass is 287 g/mol. The number of anilines is 1. The fourth-order valence-corrected chi connectivity index (χ4v) is 4.22. The summed E-state index contributed by atoms with van der Waals surface area (Å²) < 4.78 is 12.1. The van der Waals surface area contributed by atoms with E-state index in [0.29, 0.717) is 12.6 Å². The topological polar surface area (TPSA) is 68.9 Å². The van der Waals surface area contributed by atoms with Crippen LogP contribution in [0, 0.1) is 5.41 Å². The number of nitrogens with two attached hydrogens (primary N) is 1. The predicted molar refractivity (Wildman–Crippen MR) is 81.4 cm³/mol. The van der Waals surface area contributed by atoms with Crippen LogP contribution in [-0.2, 0) is 10.3 Å². The first kappa shape index (κ1) is 12.8. The SMILES string of the molecule is CN=C1NC2(CO1)c1cc(N)ccc1OC(C)(C)C21CC1. The van der Waals surface area contributed by atoms with Crippen LogP contribution in [0.4, 0.5) is 5.69 Å². The molecule has 1 saturated heterocycles. The summed E-state index contributed by atoms with van der Waals surface area (Å²) in [6.07, 6.45) is 2.23. The molecule has 2 fully saturated rings. The van der Waals surface area contributed by atoms with Gasteiger partial charge in [-0.15, -0.1) is 0 Å². The Bertz CT molecular complexity index is 649. The Kier molecular flexibility index (Phi) is 2.22. The molecule has 21 heavy (non-hydrogen) atoms. The van der Waals surface area contributed by atoms with Gasteiger partial charge in [0.15, 0.2) is 0 Å². The van der Waals surface area contributed by atoms with Crippen LogP contribution in [0.15, 0.2) is 23.2 Å². The Hall–Kier alpha value is -1.91. The van der Waals surface area contributed by atoms with Gasteiger partial charge in [0.1, 0.15) is 23.5 Å². The highest BCUT2D eigenvalue weighted by atomic mass is 16.5. The van der Waals surface area contributed by atoms with Crippen LogP contribution >= 0.6 is 0 Å². The summed E-state index contributed by atoms with van der Waals surface area (Å²) in [5.74, 6) is 0.889. The second-order valence-corrected chi connectivity index (χ2v) is 6.80. The molecular weight excluding hydrogens is 266 g/mol. The molecule has 0 radical (unpaired) electrons. The van der Waals surface area contributed by atoms with Crippen LogP contribution in [-0.4, -0.2) is 25.3 Å². The number of nitrogen functional groups attached to an aromatic ring is 1. The van der Waals surface area contributed by atoms with Gasteiger partial charge >= 0.3 is 0 Å². The van der Waals surface area contributed by atoms with Crippen molar-refractivity contribution >= 4 is 11.7 Å². The van der Waals surface area contributed by atoms with Gasteiger partial charge in [-0.05, 0) is 44.9 Å². The number of hydrogen-bond acceptors (Lipinski definition) is 4. The highest BCUT2D eigenvalue weighted by Gasteiger charge is 2.73. The Morgan fingerprint density at radius 1 is 1.29 bits per heavy atom. The first-order valence-electron chi connectivity index (χ1n) is 7.41. The molecule has 5 heteroatoms. The second kappa shape index (κ2) is 3.64. The summed E-state index contributed by atoms with van der Waals surface area (Å²) in [6.45, 7) is 4.91. The molecule has 0 aromatic heterocycles. The van der Waals surface area contributed by atoms with E-state index in [0.717, 1.165) is 29.8 Å². The minimum Gasteiger partial charge on any atom is -0.487 e. The maximum Gasteiger partial charge on any atom is 0.285 e. The van der Waals surface area contributed by atoms with Gasteiger partial charge in [-0.3, -0.25) is 0 Å². The molecule has 4 rings (SSSR count). The summed E-state index contributed by atoms with van der Waals surface area (Å²) >= 11 is 0. The third kappa shape index (κ3) is 1.39. The van der Waals surface area contributed by atoms with E-state index in [2.05, 4.69) is 24.2 Å². The Balaban J connectivity index is 1.96. The molecule has 112 valence electrons. The number of nitrogens with zero attached hydrogens (tertiary/aromatic N) is 1. The van der Waals surface area contributed by atoms with E-state index in [9.17, 15) is 0 Å². The summed E-state index contributed by atoms with van der Waals surface area (Å²) in [7, 11) is 1.74. The second-order valence-electron chi connectivity index (χ2n) is 6.80. The van der Waals surface area contributed by atoms with Gasteiger partial charge in [0.25, 0.3) is 6.02 Å². The van der Waals surface area contributed by atoms with Crippen molar-refractivity contribution in [3.63, 3.8) is 0 Å². The van der Waals surface area contributed by atoms with Crippen LogP contribution in [0.25, 0.3) is 0 Å². The molecule has 5 nitrogen and oxygen atoms in total. The molecule has 1 aliphatic carbocycles. The molecule has 3 N–H and O–H groups in total. The molecule has 1 aromatic carbocycles. The zero-order valence-corrected chi connectivity index (χ0v) is 12.7. The lowest BCUT2D eigenvalue weighted by Gasteiger charge is -2.51. The molecule has 1 aromatic rings. The van der Waals surface area contributed by atoms with Gasteiger partial charge in [0.05, 0.1) is 0 Å². The van der Waals surface area contributed by atoms with E-state index in [1.54, 1.807) is 7.05 Å². The van der Waals surface area contributed by atoms with Crippen LogP contribution in [0.1, 0.15) is 32.3 Å². The fourth-order valence-electron chi connectivity index (χ4n) is 4.22. The number of benzene rings is 1. The van der Waals surface area contributed by atoms with Gasteiger partial charge in [0.2, 0.25) is 0 Å². The van der Waals surface area contributed by atoms with Crippen molar-refractivity contribution in [2.24, 2.45) is 10.4 Å². The molecule has 1 atom stereocenters. The van der Waals surface area contributed by atoms with Crippen molar-refractivity contribution in [1.82, 2.24) is 5.32 Å². The van der Waals surface area contributed by atoms with Crippen molar-refractivity contribution in [2.45, 2.75) is 37.8 Å². The van der Waals surface area contributed by atoms with E-state index < -0.39 is 0 Å². The van der Waals surface area contributed by atoms with Gasteiger partial charge in [-0.2, -0.15) is 0 Å². The molecule has 2 aliphatic heterocycles.